The minimum atomic E-state index is -0.126. The van der Waals surface area contributed by atoms with Gasteiger partial charge in [-0.3, -0.25) is 0 Å². The molecule has 0 bridgehead atoms. The van der Waals surface area contributed by atoms with Crippen molar-refractivity contribution in [3.05, 3.63) is 0 Å². The predicted octanol–water partition coefficient (Wildman–Crippen LogP) is 0.931. The summed E-state index contributed by atoms with van der Waals surface area (Å²) >= 11 is 0. The smallest absolute Gasteiger partial charge is 0.0644 e. The summed E-state index contributed by atoms with van der Waals surface area (Å²) in [7, 11) is 1.71. The van der Waals surface area contributed by atoms with Crippen molar-refractivity contribution < 1.29 is 14.6 Å². The summed E-state index contributed by atoms with van der Waals surface area (Å²) in [5.41, 5.74) is -0.126. The van der Waals surface area contributed by atoms with Gasteiger partial charge in [0, 0.05) is 19.8 Å². The third kappa shape index (κ3) is 5.80. The average Bonchev–Trinajstić information content (AvgIpc) is 3.06. The highest BCUT2D eigenvalue weighted by Gasteiger charge is 2.24. The maximum absolute atomic E-state index is 9.14. The topological polar surface area (TPSA) is 50.7 Å². The molecule has 0 aromatic carbocycles. The molecule has 0 aliphatic heterocycles. The van der Waals surface area contributed by atoms with Crippen LogP contribution in [0.25, 0.3) is 0 Å². The first-order valence-electron chi connectivity index (χ1n) is 6.07. The van der Waals surface area contributed by atoms with Gasteiger partial charge in [0.1, 0.15) is 0 Å². The zero-order valence-corrected chi connectivity index (χ0v) is 10.7. The zero-order chi connectivity index (χ0) is 12.0. The van der Waals surface area contributed by atoms with Crippen LogP contribution >= 0.6 is 0 Å². The maximum Gasteiger partial charge on any atom is 0.0644 e. The van der Waals surface area contributed by atoms with Gasteiger partial charge < -0.3 is 19.9 Å². The van der Waals surface area contributed by atoms with Gasteiger partial charge in [0.2, 0.25) is 0 Å². The molecule has 2 N–H and O–H groups in total. The molecule has 0 aromatic rings. The molecule has 1 aliphatic rings. The molecule has 16 heavy (non-hydrogen) atoms. The standard InChI is InChI=1S/C12H25NO3/c1-12(2,15-3)6-7-16-9-11(8-14)13-10-4-5-10/h10-11,13-14H,4-9H2,1-3H3. The van der Waals surface area contributed by atoms with E-state index in [-0.39, 0.29) is 18.2 Å². The number of aliphatic hydroxyl groups is 1. The number of rotatable bonds is 9. The Morgan fingerprint density at radius 1 is 1.44 bits per heavy atom. The molecule has 0 radical (unpaired) electrons. The van der Waals surface area contributed by atoms with Crippen LogP contribution in [0.3, 0.4) is 0 Å². The van der Waals surface area contributed by atoms with Gasteiger partial charge in [-0.05, 0) is 33.1 Å². The van der Waals surface area contributed by atoms with Gasteiger partial charge in [0.15, 0.2) is 0 Å². The highest BCUT2D eigenvalue weighted by atomic mass is 16.5. The van der Waals surface area contributed by atoms with Crippen LogP contribution in [0.4, 0.5) is 0 Å². The van der Waals surface area contributed by atoms with Crippen molar-refractivity contribution in [1.82, 2.24) is 5.32 Å². The first-order chi connectivity index (χ1) is 7.57. The Labute approximate surface area is 98.3 Å². The maximum atomic E-state index is 9.14. The number of methoxy groups -OCH3 is 1. The molecule has 1 unspecified atom stereocenters. The summed E-state index contributed by atoms with van der Waals surface area (Å²) in [6, 6.07) is 0.689. The summed E-state index contributed by atoms with van der Waals surface area (Å²) in [4.78, 5) is 0. The fourth-order valence-electron chi connectivity index (χ4n) is 1.38. The van der Waals surface area contributed by atoms with E-state index in [1.54, 1.807) is 7.11 Å². The number of hydrogen-bond donors (Lipinski definition) is 2. The lowest BCUT2D eigenvalue weighted by molar-refractivity contribution is -0.0142. The zero-order valence-electron chi connectivity index (χ0n) is 10.7. The Hall–Kier alpha value is -0.160. The van der Waals surface area contributed by atoms with Crippen molar-refractivity contribution in [2.45, 2.75) is 50.8 Å². The first kappa shape index (κ1) is 13.9. The second-order valence-corrected chi connectivity index (χ2v) is 5.11. The molecule has 0 spiro atoms. The van der Waals surface area contributed by atoms with E-state index in [1.807, 2.05) is 13.8 Å². The van der Waals surface area contributed by atoms with Gasteiger partial charge in [0.05, 0.1) is 24.9 Å². The van der Waals surface area contributed by atoms with Crippen molar-refractivity contribution in [3.8, 4) is 0 Å². The normalized spacial score (nSPS) is 18.8. The van der Waals surface area contributed by atoms with E-state index in [0.29, 0.717) is 19.3 Å². The van der Waals surface area contributed by atoms with E-state index in [4.69, 9.17) is 14.6 Å². The molecule has 0 heterocycles. The van der Waals surface area contributed by atoms with Crippen LogP contribution in [0.5, 0.6) is 0 Å². The molecule has 0 amide bonds. The second-order valence-electron chi connectivity index (χ2n) is 5.11. The third-order valence-corrected chi connectivity index (χ3v) is 2.99. The molecule has 96 valence electrons. The minimum absolute atomic E-state index is 0.0816. The highest BCUT2D eigenvalue weighted by Crippen LogP contribution is 2.19. The Morgan fingerprint density at radius 2 is 2.12 bits per heavy atom. The van der Waals surface area contributed by atoms with Gasteiger partial charge in [-0.2, -0.15) is 0 Å². The molecule has 4 nitrogen and oxygen atoms in total. The quantitative estimate of drug-likeness (QED) is 0.580. The van der Waals surface area contributed by atoms with E-state index in [9.17, 15) is 0 Å². The van der Waals surface area contributed by atoms with Crippen LogP contribution in [0.2, 0.25) is 0 Å². The summed E-state index contributed by atoms with van der Waals surface area (Å²) in [5.74, 6) is 0. The van der Waals surface area contributed by atoms with E-state index in [1.165, 1.54) is 12.8 Å². The van der Waals surface area contributed by atoms with E-state index in [2.05, 4.69) is 5.32 Å². The monoisotopic (exact) mass is 231 g/mol. The lowest BCUT2D eigenvalue weighted by Gasteiger charge is -2.23. The molecule has 1 fully saturated rings. The fraction of sp³-hybridized carbons (Fsp3) is 1.00. The van der Waals surface area contributed by atoms with E-state index < -0.39 is 0 Å². The molecular formula is C12H25NO3. The second kappa shape index (κ2) is 6.55. The van der Waals surface area contributed by atoms with Crippen LogP contribution in [-0.2, 0) is 9.47 Å². The molecule has 1 aliphatic carbocycles. The van der Waals surface area contributed by atoms with E-state index >= 15 is 0 Å². The molecule has 0 saturated heterocycles. The molecule has 1 saturated carbocycles. The molecule has 1 rings (SSSR count). The van der Waals surface area contributed by atoms with Crippen LogP contribution in [0.15, 0.2) is 0 Å². The number of nitrogens with one attached hydrogen (secondary N) is 1. The summed E-state index contributed by atoms with van der Waals surface area (Å²) in [6.07, 6.45) is 3.32. The third-order valence-electron chi connectivity index (χ3n) is 2.99. The van der Waals surface area contributed by atoms with Gasteiger partial charge in [0.25, 0.3) is 0 Å². The largest absolute Gasteiger partial charge is 0.395 e. The number of hydrogen-bond acceptors (Lipinski definition) is 4. The molecular weight excluding hydrogens is 206 g/mol. The Kier molecular flexibility index (Phi) is 5.69. The van der Waals surface area contributed by atoms with Crippen molar-refractivity contribution in [3.63, 3.8) is 0 Å². The van der Waals surface area contributed by atoms with Crippen molar-refractivity contribution >= 4 is 0 Å². The first-order valence-corrected chi connectivity index (χ1v) is 6.07. The molecule has 0 aromatic heterocycles. The SMILES string of the molecule is COC(C)(C)CCOCC(CO)NC1CC1. The lowest BCUT2D eigenvalue weighted by Crippen LogP contribution is -2.38. The summed E-state index contributed by atoms with van der Waals surface area (Å²) < 4.78 is 10.9. The van der Waals surface area contributed by atoms with Gasteiger partial charge in [-0.25, -0.2) is 0 Å². The number of aliphatic hydroxyl groups excluding tert-OH is 1. The molecule has 1 atom stereocenters. The fourth-order valence-corrected chi connectivity index (χ4v) is 1.38. The minimum Gasteiger partial charge on any atom is -0.395 e. The molecule has 4 heteroatoms. The summed E-state index contributed by atoms with van der Waals surface area (Å²) in [5, 5.41) is 12.5. The lowest BCUT2D eigenvalue weighted by atomic mass is 10.1. The van der Waals surface area contributed by atoms with E-state index in [0.717, 1.165) is 6.42 Å². The Morgan fingerprint density at radius 3 is 2.62 bits per heavy atom. The van der Waals surface area contributed by atoms with Crippen molar-refractivity contribution in [2.24, 2.45) is 0 Å². The van der Waals surface area contributed by atoms with Crippen LogP contribution < -0.4 is 5.32 Å². The Bertz CT molecular complexity index is 193. The van der Waals surface area contributed by atoms with Gasteiger partial charge in [-0.1, -0.05) is 0 Å². The van der Waals surface area contributed by atoms with Gasteiger partial charge >= 0.3 is 0 Å². The number of ether oxygens (including phenoxy) is 2. The average molecular weight is 231 g/mol. The predicted molar refractivity (Wildman–Crippen MR) is 63.6 cm³/mol. The van der Waals surface area contributed by atoms with Crippen LogP contribution in [-0.4, -0.2) is 49.7 Å². The Balaban J connectivity index is 2.03. The van der Waals surface area contributed by atoms with Gasteiger partial charge in [-0.15, -0.1) is 0 Å². The van der Waals surface area contributed by atoms with Crippen molar-refractivity contribution in [2.75, 3.05) is 26.9 Å². The van der Waals surface area contributed by atoms with Crippen LogP contribution in [0, 0.1) is 0 Å². The van der Waals surface area contributed by atoms with Crippen LogP contribution in [0.1, 0.15) is 33.1 Å². The van der Waals surface area contributed by atoms with Crippen molar-refractivity contribution in [1.29, 1.82) is 0 Å². The summed E-state index contributed by atoms with van der Waals surface area (Å²) in [6.45, 7) is 5.48. The highest BCUT2D eigenvalue weighted by molar-refractivity contribution is 4.84.